The molecule has 0 fully saturated rings. The van der Waals surface area contributed by atoms with Crippen molar-refractivity contribution in [1.82, 2.24) is 4.98 Å². The molecule has 100 valence electrons. The maximum atomic E-state index is 10.8. The molecule has 2 aromatic rings. The molecule has 0 radical (unpaired) electrons. The van der Waals surface area contributed by atoms with Crippen molar-refractivity contribution in [2.24, 2.45) is 0 Å². The topological polar surface area (TPSA) is 91.3 Å². The minimum atomic E-state index is -0.542. The van der Waals surface area contributed by atoms with Gasteiger partial charge in [-0.1, -0.05) is 15.9 Å². The fraction of sp³-hybridized carbons (Fsp3) is 0.182. The number of nitrogens with zero attached hydrogens (tertiary/aromatic N) is 2. The summed E-state index contributed by atoms with van der Waals surface area (Å²) in [5.74, 6) is 0.270. The average molecular weight is 344 g/mol. The van der Waals surface area contributed by atoms with Gasteiger partial charge in [-0.2, -0.15) is 0 Å². The van der Waals surface area contributed by atoms with Crippen LogP contribution in [-0.4, -0.2) is 9.91 Å². The Morgan fingerprint density at radius 2 is 2.32 bits per heavy atom. The number of thiazole rings is 1. The zero-order valence-corrected chi connectivity index (χ0v) is 12.3. The Kier molecular flexibility index (Phi) is 4.01. The second-order valence-corrected chi connectivity index (χ2v) is 5.72. The molecule has 1 aromatic heterocycles. The van der Waals surface area contributed by atoms with Crippen molar-refractivity contribution in [2.75, 3.05) is 5.73 Å². The van der Waals surface area contributed by atoms with Gasteiger partial charge < -0.3 is 10.5 Å². The predicted molar refractivity (Wildman–Crippen MR) is 76.4 cm³/mol. The van der Waals surface area contributed by atoms with Gasteiger partial charge in [0.15, 0.2) is 11.4 Å². The van der Waals surface area contributed by atoms with Crippen molar-refractivity contribution < 1.29 is 9.66 Å². The summed E-state index contributed by atoms with van der Waals surface area (Å²) in [6.45, 7) is 2.12. The van der Waals surface area contributed by atoms with Crippen LogP contribution in [0, 0.1) is 17.0 Å². The fourth-order valence-corrected chi connectivity index (χ4v) is 2.50. The van der Waals surface area contributed by atoms with E-state index in [-0.39, 0.29) is 23.7 Å². The van der Waals surface area contributed by atoms with Crippen LogP contribution in [0.3, 0.4) is 0 Å². The minimum absolute atomic E-state index is 0.0140. The van der Waals surface area contributed by atoms with Gasteiger partial charge in [0.1, 0.15) is 6.61 Å². The van der Waals surface area contributed by atoms with Gasteiger partial charge in [-0.05, 0) is 13.0 Å². The third-order valence-electron chi connectivity index (χ3n) is 2.32. The van der Waals surface area contributed by atoms with E-state index in [4.69, 9.17) is 10.5 Å². The maximum absolute atomic E-state index is 10.8. The van der Waals surface area contributed by atoms with Crippen LogP contribution in [0.2, 0.25) is 0 Å². The molecule has 2 N–H and O–H groups in total. The molecule has 0 atom stereocenters. The molecular formula is C11H10BrN3O3S. The van der Waals surface area contributed by atoms with Gasteiger partial charge >= 0.3 is 0 Å². The number of nitrogen functional groups attached to an aromatic ring is 1. The number of aryl methyl sites for hydroxylation is 1. The van der Waals surface area contributed by atoms with Crippen LogP contribution in [0.5, 0.6) is 5.75 Å². The lowest BCUT2D eigenvalue weighted by Crippen LogP contribution is -2.02. The zero-order valence-electron chi connectivity index (χ0n) is 9.92. The van der Waals surface area contributed by atoms with Gasteiger partial charge in [0, 0.05) is 15.9 Å². The molecule has 0 saturated carbocycles. The third-order valence-corrected chi connectivity index (χ3v) is 3.60. The molecule has 0 saturated heterocycles. The second-order valence-electron chi connectivity index (χ2n) is 3.74. The highest BCUT2D eigenvalue weighted by molar-refractivity contribution is 9.10. The average Bonchev–Trinajstić information content (AvgIpc) is 2.75. The maximum Gasteiger partial charge on any atom is 0.297 e. The Bertz CT molecular complexity index is 630. The highest BCUT2D eigenvalue weighted by atomic mass is 79.9. The molecule has 1 aromatic carbocycles. The number of anilines is 1. The SMILES string of the molecule is Cc1nc(COc2cc(Br)cc([N+](=O)[O-])c2N)cs1. The minimum Gasteiger partial charge on any atom is -0.485 e. The van der Waals surface area contributed by atoms with Crippen LogP contribution >= 0.6 is 27.3 Å². The van der Waals surface area contributed by atoms with Crippen LogP contribution in [-0.2, 0) is 6.61 Å². The Morgan fingerprint density at radius 1 is 1.58 bits per heavy atom. The molecule has 0 spiro atoms. The molecule has 2 rings (SSSR count). The quantitative estimate of drug-likeness (QED) is 0.522. The van der Waals surface area contributed by atoms with Crippen molar-refractivity contribution in [1.29, 1.82) is 0 Å². The van der Waals surface area contributed by atoms with E-state index < -0.39 is 4.92 Å². The second kappa shape index (κ2) is 5.54. The smallest absolute Gasteiger partial charge is 0.297 e. The molecule has 6 nitrogen and oxygen atoms in total. The van der Waals surface area contributed by atoms with Gasteiger partial charge in [-0.25, -0.2) is 4.98 Å². The van der Waals surface area contributed by atoms with Crippen molar-refractivity contribution in [2.45, 2.75) is 13.5 Å². The highest BCUT2D eigenvalue weighted by Crippen LogP contribution is 2.35. The molecule has 8 heteroatoms. The van der Waals surface area contributed by atoms with E-state index in [1.165, 1.54) is 17.4 Å². The van der Waals surface area contributed by atoms with Gasteiger partial charge in [0.05, 0.1) is 15.6 Å². The Hall–Kier alpha value is -1.67. The summed E-state index contributed by atoms with van der Waals surface area (Å²) in [4.78, 5) is 14.5. The summed E-state index contributed by atoms with van der Waals surface area (Å²) in [6.07, 6.45) is 0. The van der Waals surface area contributed by atoms with E-state index in [0.29, 0.717) is 4.47 Å². The fourth-order valence-electron chi connectivity index (χ4n) is 1.48. The van der Waals surface area contributed by atoms with E-state index in [2.05, 4.69) is 20.9 Å². The number of halogens is 1. The predicted octanol–water partition coefficient (Wildman–Crippen LogP) is 3.28. The number of rotatable bonds is 4. The summed E-state index contributed by atoms with van der Waals surface area (Å²) in [7, 11) is 0. The largest absolute Gasteiger partial charge is 0.485 e. The first-order valence-electron chi connectivity index (χ1n) is 5.24. The molecule has 0 unspecified atom stereocenters. The number of aromatic nitrogens is 1. The number of hydrogen-bond donors (Lipinski definition) is 1. The van der Waals surface area contributed by atoms with E-state index in [9.17, 15) is 10.1 Å². The first kappa shape index (κ1) is 13.8. The molecule has 0 aliphatic carbocycles. The van der Waals surface area contributed by atoms with Gasteiger partial charge in [-0.15, -0.1) is 11.3 Å². The van der Waals surface area contributed by atoms with Crippen molar-refractivity contribution in [3.05, 3.63) is 42.8 Å². The van der Waals surface area contributed by atoms with E-state index in [1.54, 1.807) is 6.07 Å². The molecule has 1 heterocycles. The van der Waals surface area contributed by atoms with Crippen molar-refractivity contribution >= 4 is 38.6 Å². The van der Waals surface area contributed by atoms with Gasteiger partial charge in [-0.3, -0.25) is 10.1 Å². The zero-order chi connectivity index (χ0) is 14.0. The van der Waals surface area contributed by atoms with E-state index >= 15 is 0 Å². The van der Waals surface area contributed by atoms with Crippen molar-refractivity contribution in [3.63, 3.8) is 0 Å². The molecule has 0 amide bonds. The number of nitrogens with two attached hydrogens (primary N) is 1. The van der Waals surface area contributed by atoms with Gasteiger partial charge in [0.25, 0.3) is 5.69 Å². The summed E-state index contributed by atoms with van der Waals surface area (Å²) in [6, 6.07) is 2.94. The van der Waals surface area contributed by atoms with Gasteiger partial charge in [0.2, 0.25) is 0 Å². The summed E-state index contributed by atoms with van der Waals surface area (Å²) in [5.41, 5.74) is 6.32. The molecule has 19 heavy (non-hydrogen) atoms. The van der Waals surface area contributed by atoms with E-state index in [0.717, 1.165) is 10.7 Å². The summed E-state index contributed by atoms with van der Waals surface area (Å²) < 4.78 is 6.03. The number of nitro groups is 1. The molecular weight excluding hydrogens is 334 g/mol. The molecule has 0 bridgehead atoms. The molecule has 0 aliphatic rings. The normalized spacial score (nSPS) is 10.4. The number of hydrogen-bond acceptors (Lipinski definition) is 6. The first-order chi connectivity index (χ1) is 8.97. The Balaban J connectivity index is 2.22. The standard InChI is InChI=1S/C11H10BrN3O3S/c1-6-14-8(5-19-6)4-18-10-3-7(12)2-9(11(10)13)15(16)17/h2-3,5H,4,13H2,1H3. The van der Waals surface area contributed by atoms with Crippen molar-refractivity contribution in [3.8, 4) is 5.75 Å². The summed E-state index contributed by atoms with van der Waals surface area (Å²) in [5, 5.41) is 13.7. The Labute approximate surface area is 121 Å². The van der Waals surface area contributed by atoms with Crippen LogP contribution in [0.4, 0.5) is 11.4 Å². The molecule has 0 aliphatic heterocycles. The lowest BCUT2D eigenvalue weighted by Gasteiger charge is -2.08. The number of benzene rings is 1. The number of nitro benzene ring substituents is 1. The highest BCUT2D eigenvalue weighted by Gasteiger charge is 2.17. The van der Waals surface area contributed by atoms with Crippen LogP contribution in [0.1, 0.15) is 10.7 Å². The van der Waals surface area contributed by atoms with Crippen LogP contribution in [0.15, 0.2) is 22.0 Å². The number of ether oxygens (including phenoxy) is 1. The van der Waals surface area contributed by atoms with Crippen LogP contribution in [0.25, 0.3) is 0 Å². The van der Waals surface area contributed by atoms with Crippen LogP contribution < -0.4 is 10.5 Å². The first-order valence-corrected chi connectivity index (χ1v) is 6.92. The van der Waals surface area contributed by atoms with E-state index in [1.807, 2.05) is 12.3 Å². The lowest BCUT2D eigenvalue weighted by molar-refractivity contribution is -0.384. The monoisotopic (exact) mass is 343 g/mol. The summed E-state index contributed by atoms with van der Waals surface area (Å²) >= 11 is 4.71. The Morgan fingerprint density at radius 3 is 2.89 bits per heavy atom. The lowest BCUT2D eigenvalue weighted by atomic mass is 10.2. The third kappa shape index (κ3) is 3.21.